The van der Waals surface area contributed by atoms with E-state index in [1.165, 1.54) is 0 Å². The Bertz CT molecular complexity index is 614. The molecule has 2 N–H and O–H groups in total. The highest BCUT2D eigenvalue weighted by Crippen LogP contribution is 1.90. The van der Waals surface area contributed by atoms with Crippen molar-refractivity contribution in [2.75, 3.05) is 0 Å². The van der Waals surface area contributed by atoms with Crippen molar-refractivity contribution in [3.8, 4) is 0 Å². The van der Waals surface area contributed by atoms with E-state index in [2.05, 4.69) is 13.8 Å². The highest BCUT2D eigenvalue weighted by molar-refractivity contribution is 5.72. The molecular weight excluding hydrogens is 364 g/mol. The molecule has 0 aliphatic rings. The zero-order valence-corrected chi connectivity index (χ0v) is 16.3. The lowest BCUT2D eigenvalue weighted by atomic mass is 10.3. The number of aromatic nitrogens is 2. The van der Waals surface area contributed by atoms with Gasteiger partial charge in [-0.25, -0.2) is 9.13 Å². The van der Waals surface area contributed by atoms with Crippen LogP contribution < -0.4 is 19.3 Å². The van der Waals surface area contributed by atoms with Crippen LogP contribution in [0.25, 0.3) is 0 Å². The monoisotopic (exact) mass is 392 g/mol. The van der Waals surface area contributed by atoms with Gasteiger partial charge in [-0.05, 0) is 26.7 Å². The van der Waals surface area contributed by atoms with Gasteiger partial charge in [-0.3, -0.25) is 0 Å². The van der Waals surface area contributed by atoms with Crippen molar-refractivity contribution in [3.63, 3.8) is 0 Å². The molecule has 0 bridgehead atoms. The lowest BCUT2D eigenvalue weighted by molar-refractivity contribution is -0.702. The molecule has 2 rings (SSSR count). The minimum Gasteiger partial charge on any atom is -0.550 e. The molecule has 0 unspecified atom stereocenters. The Balaban J connectivity index is 0.000000394. The van der Waals surface area contributed by atoms with Gasteiger partial charge >= 0.3 is 0 Å². The molecule has 0 atom stereocenters. The molecular formula is C20H28N2O6. The lowest BCUT2D eigenvalue weighted by Crippen LogP contribution is -2.36. The number of nitrogens with zero attached hydrogens (tertiary/aromatic N) is 2. The molecule has 0 radical (unpaired) electrons. The summed E-state index contributed by atoms with van der Waals surface area (Å²) in [7, 11) is 0. The predicted molar refractivity (Wildman–Crippen MR) is 95.7 cm³/mol. The van der Waals surface area contributed by atoms with Crippen LogP contribution in [0.2, 0.25) is 0 Å². The van der Waals surface area contributed by atoms with Crippen molar-refractivity contribution < 1.29 is 39.1 Å². The van der Waals surface area contributed by atoms with Crippen LogP contribution in [0.1, 0.15) is 38.1 Å². The Morgan fingerprint density at radius 2 is 1.14 bits per heavy atom. The van der Waals surface area contributed by atoms with Crippen LogP contribution in [0.15, 0.2) is 48.8 Å². The summed E-state index contributed by atoms with van der Waals surface area (Å²) in [5, 5.41) is 36.7. The molecule has 2 aromatic heterocycles. The van der Waals surface area contributed by atoms with Crippen LogP contribution in [-0.4, -0.2) is 22.2 Å². The normalized spacial score (nSPS) is 9.43. The van der Waals surface area contributed by atoms with Crippen molar-refractivity contribution in [2.24, 2.45) is 0 Å². The van der Waals surface area contributed by atoms with Gasteiger partial charge in [0.1, 0.15) is 26.3 Å². The summed E-state index contributed by atoms with van der Waals surface area (Å²) in [6.07, 6.45) is 2.99. The van der Waals surface area contributed by atoms with Gasteiger partial charge in [0.2, 0.25) is 11.4 Å². The molecule has 0 aliphatic carbocycles. The van der Waals surface area contributed by atoms with Gasteiger partial charge in [0.15, 0.2) is 12.4 Å². The van der Waals surface area contributed by atoms with E-state index in [-0.39, 0.29) is 13.2 Å². The Hall–Kier alpha value is -2.84. The van der Waals surface area contributed by atoms with E-state index in [1.54, 1.807) is 0 Å². The van der Waals surface area contributed by atoms with E-state index in [9.17, 15) is 19.8 Å². The molecule has 0 saturated carbocycles. The molecule has 2 heterocycles. The van der Waals surface area contributed by atoms with Crippen LogP contribution in [0, 0.1) is 0 Å². The summed E-state index contributed by atoms with van der Waals surface area (Å²) in [6.45, 7) is 6.18. The number of hydrogen-bond donors (Lipinski definition) is 2. The summed E-state index contributed by atoms with van der Waals surface area (Å²) in [6, 6.07) is 11.6. The van der Waals surface area contributed by atoms with Gasteiger partial charge in [-0.1, -0.05) is 12.1 Å². The summed E-state index contributed by atoms with van der Waals surface area (Å²) in [5.74, 6) is -2.73. The SMILES string of the molecule is CC[n+]1ccccc1CO.CC[n+]1ccccc1CO.O=C([O-])CCC(=O)[O-]. The molecule has 0 spiro atoms. The maximum atomic E-state index is 9.50. The van der Waals surface area contributed by atoms with E-state index < -0.39 is 24.8 Å². The number of rotatable bonds is 7. The summed E-state index contributed by atoms with van der Waals surface area (Å²) in [5.41, 5.74) is 1.93. The first-order valence-corrected chi connectivity index (χ1v) is 8.95. The van der Waals surface area contributed by atoms with Crippen LogP contribution in [0.3, 0.4) is 0 Å². The number of aliphatic hydroxyl groups excluding tert-OH is 2. The number of carboxylic acids is 2. The first-order chi connectivity index (χ1) is 13.4. The Morgan fingerprint density at radius 3 is 1.36 bits per heavy atom. The van der Waals surface area contributed by atoms with Gasteiger partial charge in [0.05, 0.1) is 0 Å². The fourth-order valence-corrected chi connectivity index (χ4v) is 2.13. The van der Waals surface area contributed by atoms with E-state index in [1.807, 2.05) is 57.9 Å². The summed E-state index contributed by atoms with van der Waals surface area (Å²) in [4.78, 5) is 19.0. The number of pyridine rings is 2. The second-order valence-corrected chi connectivity index (χ2v) is 5.52. The minimum atomic E-state index is -1.37. The maximum Gasteiger partial charge on any atom is 0.206 e. The van der Waals surface area contributed by atoms with Crippen molar-refractivity contribution in [1.29, 1.82) is 0 Å². The third kappa shape index (κ3) is 11.0. The second kappa shape index (κ2) is 15.2. The predicted octanol–water partition coefficient (Wildman–Crippen LogP) is -1.76. The van der Waals surface area contributed by atoms with Crippen molar-refractivity contribution in [3.05, 3.63) is 60.2 Å². The smallest absolute Gasteiger partial charge is 0.206 e. The average Bonchev–Trinajstić information content (AvgIpc) is 2.72. The molecule has 0 fully saturated rings. The van der Waals surface area contributed by atoms with Gasteiger partial charge < -0.3 is 30.0 Å². The fourth-order valence-electron chi connectivity index (χ4n) is 2.13. The molecule has 0 amide bonds. The van der Waals surface area contributed by atoms with Crippen LogP contribution in [-0.2, 0) is 35.9 Å². The molecule has 8 heteroatoms. The minimum absolute atomic E-state index is 0.120. The Kier molecular flexibility index (Phi) is 13.7. The number of carbonyl (C=O) groups excluding carboxylic acids is 2. The van der Waals surface area contributed by atoms with E-state index in [4.69, 9.17) is 10.2 Å². The molecule has 8 nitrogen and oxygen atoms in total. The van der Waals surface area contributed by atoms with Crippen LogP contribution in [0.5, 0.6) is 0 Å². The maximum absolute atomic E-state index is 9.50. The summed E-state index contributed by atoms with van der Waals surface area (Å²) < 4.78 is 4.03. The van der Waals surface area contributed by atoms with Gasteiger partial charge in [-0.15, -0.1) is 0 Å². The quantitative estimate of drug-likeness (QED) is 0.537. The van der Waals surface area contributed by atoms with Crippen LogP contribution in [0.4, 0.5) is 0 Å². The first-order valence-electron chi connectivity index (χ1n) is 8.95. The average molecular weight is 392 g/mol. The molecule has 0 aliphatic heterocycles. The molecule has 0 saturated heterocycles. The lowest BCUT2D eigenvalue weighted by Gasteiger charge is -2.00. The standard InChI is InChI=1S/2C8H12NO.C4H6O4/c2*1-2-9-6-4-3-5-8(9)7-10;5-3(6)1-2-4(7)8/h2*3-6,10H,2,7H2,1H3;1-2H2,(H,5,6)(H,7,8)/q2*+1;/p-2. The number of hydrogen-bond acceptors (Lipinski definition) is 6. The van der Waals surface area contributed by atoms with Crippen LogP contribution >= 0.6 is 0 Å². The highest BCUT2D eigenvalue weighted by Gasteiger charge is 2.03. The number of aryl methyl sites for hydroxylation is 2. The van der Waals surface area contributed by atoms with Crippen molar-refractivity contribution >= 4 is 11.9 Å². The number of aliphatic hydroxyl groups is 2. The van der Waals surface area contributed by atoms with Crippen molar-refractivity contribution in [2.45, 2.75) is 53.0 Å². The fraction of sp³-hybridized carbons (Fsp3) is 0.400. The Morgan fingerprint density at radius 1 is 0.786 bits per heavy atom. The second-order valence-electron chi connectivity index (χ2n) is 5.52. The molecule has 28 heavy (non-hydrogen) atoms. The van der Waals surface area contributed by atoms with Gasteiger partial charge in [0.25, 0.3) is 0 Å². The Labute approximate surface area is 165 Å². The summed E-state index contributed by atoms with van der Waals surface area (Å²) >= 11 is 0. The topological polar surface area (TPSA) is 128 Å². The van der Waals surface area contributed by atoms with Crippen molar-refractivity contribution in [1.82, 2.24) is 0 Å². The third-order valence-electron chi connectivity index (χ3n) is 3.61. The number of carboxylic acid groups (broad SMARTS) is 2. The van der Waals surface area contributed by atoms with Gasteiger partial charge in [0, 0.05) is 36.2 Å². The molecule has 2 aromatic rings. The number of carbonyl (C=O) groups is 2. The zero-order chi connectivity index (χ0) is 21.4. The first kappa shape index (κ1) is 25.2. The highest BCUT2D eigenvalue weighted by atomic mass is 16.4. The van der Waals surface area contributed by atoms with E-state index >= 15 is 0 Å². The molecule has 154 valence electrons. The van der Waals surface area contributed by atoms with Gasteiger partial charge in [-0.2, -0.15) is 0 Å². The largest absolute Gasteiger partial charge is 0.550 e. The third-order valence-corrected chi connectivity index (χ3v) is 3.61. The van der Waals surface area contributed by atoms with E-state index in [0.29, 0.717) is 0 Å². The van der Waals surface area contributed by atoms with E-state index in [0.717, 1.165) is 24.5 Å². The molecule has 0 aromatic carbocycles. The number of aliphatic carboxylic acids is 2. The zero-order valence-electron chi connectivity index (χ0n) is 16.3.